The second-order valence-electron chi connectivity index (χ2n) is 4.43. The average molecular weight is 422 g/mol. The van der Waals surface area contributed by atoms with Crippen molar-refractivity contribution < 1.29 is 4.39 Å². The molecule has 1 nitrogen and oxygen atoms in total. The molecule has 0 aliphatic rings. The molecular weight excluding hydrogens is 408 g/mol. The third-order valence-electron chi connectivity index (χ3n) is 3.15. The lowest BCUT2D eigenvalue weighted by Gasteiger charge is -2.18. The van der Waals surface area contributed by atoms with Crippen LogP contribution in [0, 0.1) is 5.82 Å². The fourth-order valence-corrected chi connectivity index (χ4v) is 2.98. The Kier molecular flexibility index (Phi) is 5.61. The van der Waals surface area contributed by atoms with Crippen molar-refractivity contribution in [3.8, 4) is 0 Å². The number of rotatable bonds is 4. The maximum atomic E-state index is 13.6. The minimum Gasteiger partial charge on any atom is -0.313 e. The Morgan fingerprint density at radius 3 is 2.65 bits per heavy atom. The first-order valence-electron chi connectivity index (χ1n) is 6.08. The zero-order chi connectivity index (χ0) is 14.7. The molecule has 20 heavy (non-hydrogen) atoms. The molecule has 2 rings (SSSR count). The molecule has 0 spiro atoms. The molecule has 1 atom stereocenters. The van der Waals surface area contributed by atoms with E-state index in [2.05, 4.69) is 37.2 Å². The number of benzene rings is 2. The Hall–Kier alpha value is -0.420. The van der Waals surface area contributed by atoms with Crippen molar-refractivity contribution in [1.29, 1.82) is 0 Å². The summed E-state index contributed by atoms with van der Waals surface area (Å²) in [6.45, 7) is 0. The van der Waals surface area contributed by atoms with Crippen molar-refractivity contribution in [1.82, 2.24) is 5.32 Å². The van der Waals surface area contributed by atoms with Gasteiger partial charge in [-0.2, -0.15) is 0 Å². The summed E-state index contributed by atoms with van der Waals surface area (Å²) >= 11 is 12.7. The van der Waals surface area contributed by atoms with E-state index in [1.165, 1.54) is 6.07 Å². The van der Waals surface area contributed by atoms with Gasteiger partial charge in [-0.1, -0.05) is 29.8 Å². The molecule has 0 aromatic heterocycles. The van der Waals surface area contributed by atoms with Crippen LogP contribution in [-0.4, -0.2) is 7.05 Å². The summed E-state index contributed by atoms with van der Waals surface area (Å²) in [6.07, 6.45) is 0.683. The van der Waals surface area contributed by atoms with Crippen molar-refractivity contribution in [2.75, 3.05) is 7.05 Å². The maximum absolute atomic E-state index is 13.6. The summed E-state index contributed by atoms with van der Waals surface area (Å²) < 4.78 is 14.9. The smallest absolute Gasteiger partial charge is 0.137 e. The van der Waals surface area contributed by atoms with E-state index < -0.39 is 0 Å². The largest absolute Gasteiger partial charge is 0.313 e. The molecule has 1 unspecified atom stereocenters. The van der Waals surface area contributed by atoms with E-state index in [1.807, 2.05) is 31.3 Å². The lowest BCUT2D eigenvalue weighted by molar-refractivity contribution is 0.580. The minimum absolute atomic E-state index is 0.0849. The quantitative estimate of drug-likeness (QED) is 0.687. The Morgan fingerprint density at radius 1 is 1.25 bits per heavy atom. The summed E-state index contributed by atoms with van der Waals surface area (Å²) in [5.41, 5.74) is 2.02. The van der Waals surface area contributed by atoms with Gasteiger partial charge < -0.3 is 5.32 Å². The Labute approximate surface area is 139 Å². The highest BCUT2D eigenvalue weighted by molar-refractivity contribution is 9.10. The van der Waals surface area contributed by atoms with E-state index >= 15 is 0 Å². The van der Waals surface area contributed by atoms with E-state index in [9.17, 15) is 4.39 Å². The van der Waals surface area contributed by atoms with Gasteiger partial charge in [0.25, 0.3) is 0 Å². The summed E-state index contributed by atoms with van der Waals surface area (Å²) in [5, 5.41) is 3.93. The van der Waals surface area contributed by atoms with Gasteiger partial charge in [-0.25, -0.2) is 4.39 Å². The Bertz CT molecular complexity index is 619. The first-order valence-corrected chi connectivity index (χ1v) is 8.04. The molecule has 0 fully saturated rings. The highest BCUT2D eigenvalue weighted by atomic mass is 79.9. The number of likely N-dealkylation sites (N-methyl/N-ethyl adjacent to an activating group) is 1. The van der Waals surface area contributed by atoms with Crippen LogP contribution in [0.2, 0.25) is 5.02 Å². The van der Waals surface area contributed by atoms with E-state index in [4.69, 9.17) is 11.6 Å². The molecular formula is C15H13Br2ClFN. The third kappa shape index (κ3) is 3.61. The van der Waals surface area contributed by atoms with Crippen LogP contribution in [0.15, 0.2) is 45.3 Å². The standard InChI is InChI=1S/C15H13Br2ClFN/c1-20-14(9-5-6-12(18)11(16)7-9)8-10-3-2-4-13(19)15(10)17/h2-7,14,20H,8H2,1H3. The zero-order valence-electron chi connectivity index (χ0n) is 10.8. The van der Waals surface area contributed by atoms with Gasteiger partial charge in [0.1, 0.15) is 5.82 Å². The van der Waals surface area contributed by atoms with E-state index in [-0.39, 0.29) is 11.9 Å². The van der Waals surface area contributed by atoms with E-state index in [0.29, 0.717) is 15.9 Å². The molecule has 0 aliphatic carbocycles. The molecule has 0 saturated heterocycles. The first kappa shape index (κ1) is 16.0. The van der Waals surface area contributed by atoms with Gasteiger partial charge in [0.2, 0.25) is 0 Å². The van der Waals surface area contributed by atoms with Crippen LogP contribution in [0.5, 0.6) is 0 Å². The van der Waals surface area contributed by atoms with Crippen LogP contribution >= 0.6 is 43.5 Å². The number of hydrogen-bond donors (Lipinski definition) is 1. The SMILES string of the molecule is CNC(Cc1cccc(F)c1Br)c1ccc(Cl)c(Br)c1. The van der Waals surface area contributed by atoms with Gasteiger partial charge in [0.05, 0.1) is 9.50 Å². The summed E-state index contributed by atoms with van der Waals surface area (Å²) in [6, 6.07) is 11.0. The molecule has 1 N–H and O–H groups in total. The lowest BCUT2D eigenvalue weighted by atomic mass is 9.99. The van der Waals surface area contributed by atoms with Crippen molar-refractivity contribution in [2.45, 2.75) is 12.5 Å². The molecule has 0 heterocycles. The predicted octanol–water partition coefficient (Wildman–Crippen LogP) is 5.51. The summed E-state index contributed by atoms with van der Waals surface area (Å²) in [4.78, 5) is 0. The van der Waals surface area contributed by atoms with Gasteiger partial charge in [0.15, 0.2) is 0 Å². The van der Waals surface area contributed by atoms with Crippen LogP contribution in [-0.2, 0) is 6.42 Å². The van der Waals surface area contributed by atoms with Gasteiger partial charge in [-0.15, -0.1) is 0 Å². The number of nitrogens with one attached hydrogen (secondary N) is 1. The van der Waals surface area contributed by atoms with Crippen LogP contribution in [0.4, 0.5) is 4.39 Å². The van der Waals surface area contributed by atoms with Crippen molar-refractivity contribution in [3.63, 3.8) is 0 Å². The second-order valence-corrected chi connectivity index (χ2v) is 6.49. The van der Waals surface area contributed by atoms with Crippen molar-refractivity contribution in [2.24, 2.45) is 0 Å². The molecule has 0 radical (unpaired) electrons. The normalized spacial score (nSPS) is 12.4. The van der Waals surface area contributed by atoms with Gasteiger partial charge >= 0.3 is 0 Å². The minimum atomic E-state index is -0.241. The highest BCUT2D eigenvalue weighted by Crippen LogP contribution is 2.29. The predicted molar refractivity (Wildman–Crippen MR) is 88.8 cm³/mol. The lowest BCUT2D eigenvalue weighted by Crippen LogP contribution is -2.19. The molecule has 0 bridgehead atoms. The number of hydrogen-bond acceptors (Lipinski definition) is 1. The summed E-state index contributed by atoms with van der Waals surface area (Å²) in [5.74, 6) is -0.241. The van der Waals surface area contributed by atoms with Gasteiger partial charge in [-0.05, 0) is 74.7 Å². The topological polar surface area (TPSA) is 12.0 Å². The van der Waals surface area contributed by atoms with Crippen LogP contribution in [0.3, 0.4) is 0 Å². The fourth-order valence-electron chi connectivity index (χ4n) is 2.04. The third-order valence-corrected chi connectivity index (χ3v) is 5.25. The van der Waals surface area contributed by atoms with Crippen molar-refractivity contribution in [3.05, 3.63) is 67.3 Å². The van der Waals surface area contributed by atoms with Gasteiger partial charge in [0, 0.05) is 10.5 Å². The molecule has 0 aliphatic heterocycles. The Morgan fingerprint density at radius 2 is 2.00 bits per heavy atom. The average Bonchev–Trinajstić information content (AvgIpc) is 2.44. The zero-order valence-corrected chi connectivity index (χ0v) is 14.7. The van der Waals surface area contributed by atoms with Crippen LogP contribution < -0.4 is 5.32 Å². The molecule has 106 valence electrons. The van der Waals surface area contributed by atoms with Gasteiger partial charge in [-0.3, -0.25) is 0 Å². The fraction of sp³-hybridized carbons (Fsp3) is 0.200. The highest BCUT2D eigenvalue weighted by Gasteiger charge is 2.14. The van der Waals surface area contributed by atoms with Crippen molar-refractivity contribution >= 4 is 43.5 Å². The molecule has 2 aromatic rings. The monoisotopic (exact) mass is 419 g/mol. The molecule has 2 aromatic carbocycles. The second kappa shape index (κ2) is 7.03. The Balaban J connectivity index is 2.28. The number of halogens is 4. The van der Waals surface area contributed by atoms with Crippen LogP contribution in [0.1, 0.15) is 17.2 Å². The van der Waals surface area contributed by atoms with E-state index in [0.717, 1.165) is 15.6 Å². The molecule has 0 amide bonds. The van der Waals surface area contributed by atoms with Crippen LogP contribution in [0.25, 0.3) is 0 Å². The molecule has 0 saturated carbocycles. The molecule has 5 heteroatoms. The summed E-state index contributed by atoms with van der Waals surface area (Å²) in [7, 11) is 1.89. The van der Waals surface area contributed by atoms with E-state index in [1.54, 1.807) is 6.07 Å². The first-order chi connectivity index (χ1) is 9.52. The maximum Gasteiger partial charge on any atom is 0.137 e.